The van der Waals surface area contributed by atoms with Crippen LogP contribution in [0.1, 0.15) is 38.6 Å². The van der Waals surface area contributed by atoms with Crippen LogP contribution in [0.4, 0.5) is 5.69 Å². The number of nitrogens with zero attached hydrogens (tertiary/aromatic N) is 5. The zero-order valence-electron chi connectivity index (χ0n) is 15.8. The van der Waals surface area contributed by atoms with E-state index in [-0.39, 0.29) is 18.0 Å². The van der Waals surface area contributed by atoms with Gasteiger partial charge in [-0.05, 0) is 57.5 Å². The summed E-state index contributed by atoms with van der Waals surface area (Å²) in [7, 11) is 0. The van der Waals surface area contributed by atoms with Gasteiger partial charge < -0.3 is 4.90 Å². The molecule has 2 aromatic heterocycles. The van der Waals surface area contributed by atoms with Gasteiger partial charge in [0.15, 0.2) is 11.5 Å². The summed E-state index contributed by atoms with van der Waals surface area (Å²) in [5, 5.41) is 8.70. The molecule has 1 aromatic carbocycles. The maximum Gasteiger partial charge on any atom is 0.241 e. The minimum atomic E-state index is 0.106. The summed E-state index contributed by atoms with van der Waals surface area (Å²) in [6.07, 6.45) is 4.05. The summed E-state index contributed by atoms with van der Waals surface area (Å²) in [5.41, 5.74) is 1.79. The Hall–Kier alpha value is -2.73. The van der Waals surface area contributed by atoms with Crippen molar-refractivity contribution in [2.24, 2.45) is 0 Å². The smallest absolute Gasteiger partial charge is 0.241 e. The van der Waals surface area contributed by atoms with Gasteiger partial charge in [-0.3, -0.25) is 14.1 Å². The second-order valence-corrected chi connectivity index (χ2v) is 7.31. The first-order valence-corrected chi connectivity index (χ1v) is 9.56. The molecule has 0 N–H and O–H groups in total. The van der Waals surface area contributed by atoms with Crippen LogP contribution in [0.15, 0.2) is 54.7 Å². The van der Waals surface area contributed by atoms with Crippen LogP contribution in [-0.2, 0) is 4.79 Å². The van der Waals surface area contributed by atoms with Gasteiger partial charge in [-0.1, -0.05) is 24.3 Å². The normalized spacial score (nSPS) is 17.7. The highest BCUT2D eigenvalue weighted by molar-refractivity contribution is 5.95. The van der Waals surface area contributed by atoms with E-state index in [2.05, 4.69) is 28.9 Å². The molecule has 6 heteroatoms. The fourth-order valence-corrected chi connectivity index (χ4v) is 3.96. The van der Waals surface area contributed by atoms with Crippen molar-refractivity contribution >= 4 is 17.2 Å². The fraction of sp³-hybridized carbons (Fsp3) is 0.381. The zero-order valence-corrected chi connectivity index (χ0v) is 15.8. The van der Waals surface area contributed by atoms with Gasteiger partial charge in [0.2, 0.25) is 5.91 Å². The van der Waals surface area contributed by atoms with E-state index >= 15 is 0 Å². The van der Waals surface area contributed by atoms with E-state index in [1.807, 2.05) is 64.0 Å². The number of anilines is 1. The van der Waals surface area contributed by atoms with Crippen molar-refractivity contribution in [1.29, 1.82) is 0 Å². The van der Waals surface area contributed by atoms with Gasteiger partial charge in [-0.2, -0.15) is 0 Å². The number of carbonyl (C=O) groups excluding carboxylic acids is 1. The molecule has 1 amide bonds. The molecule has 6 nitrogen and oxygen atoms in total. The monoisotopic (exact) mass is 363 g/mol. The summed E-state index contributed by atoms with van der Waals surface area (Å²) < 4.78 is 2.03. The van der Waals surface area contributed by atoms with Crippen molar-refractivity contribution in [3.05, 3.63) is 60.6 Å². The Labute approximate surface area is 159 Å². The standard InChI is InChI=1S/C21H25N5O/c1-16(2)26(17-9-4-3-5-10-17)20(27)15-24-13-8-11-18(24)21-23-22-19-12-6-7-14-25(19)21/h3-7,9-10,12,14,16,18H,8,11,13,15H2,1-2H3/t18-/m1/s1. The lowest BCUT2D eigenvalue weighted by molar-refractivity contribution is -0.120. The maximum absolute atomic E-state index is 13.2. The molecule has 0 unspecified atom stereocenters. The molecule has 4 rings (SSSR count). The van der Waals surface area contributed by atoms with E-state index in [4.69, 9.17) is 0 Å². The molecule has 140 valence electrons. The minimum absolute atomic E-state index is 0.106. The number of para-hydroxylation sites is 1. The summed E-state index contributed by atoms with van der Waals surface area (Å²) in [4.78, 5) is 17.3. The van der Waals surface area contributed by atoms with Crippen LogP contribution in [0.5, 0.6) is 0 Å². The fourth-order valence-electron chi connectivity index (χ4n) is 3.96. The number of carbonyl (C=O) groups is 1. The Morgan fingerprint density at radius 3 is 2.70 bits per heavy atom. The lowest BCUT2D eigenvalue weighted by Crippen LogP contribution is -2.44. The third-order valence-corrected chi connectivity index (χ3v) is 5.16. The van der Waals surface area contributed by atoms with Gasteiger partial charge >= 0.3 is 0 Å². The SMILES string of the molecule is CC(C)N(C(=O)CN1CCC[C@@H]1c1nnc2ccccn12)c1ccccc1. The maximum atomic E-state index is 13.2. The second-order valence-electron chi connectivity index (χ2n) is 7.31. The van der Waals surface area contributed by atoms with E-state index < -0.39 is 0 Å². The second kappa shape index (κ2) is 7.48. The number of amides is 1. The summed E-state index contributed by atoms with van der Waals surface area (Å²) in [5.74, 6) is 1.05. The number of rotatable bonds is 5. The molecule has 27 heavy (non-hydrogen) atoms. The van der Waals surface area contributed by atoms with Gasteiger partial charge in [0.05, 0.1) is 12.6 Å². The number of aromatic nitrogens is 3. The zero-order chi connectivity index (χ0) is 18.8. The van der Waals surface area contributed by atoms with Gasteiger partial charge in [-0.25, -0.2) is 0 Å². The van der Waals surface area contributed by atoms with E-state index in [1.165, 1.54) is 0 Å². The molecular weight excluding hydrogens is 338 g/mol. The van der Waals surface area contributed by atoms with E-state index in [9.17, 15) is 4.79 Å². The largest absolute Gasteiger partial charge is 0.309 e. The van der Waals surface area contributed by atoms with Crippen molar-refractivity contribution in [2.45, 2.75) is 38.8 Å². The molecule has 1 atom stereocenters. The molecule has 3 heterocycles. The van der Waals surface area contributed by atoms with Crippen molar-refractivity contribution in [3.8, 4) is 0 Å². The third-order valence-electron chi connectivity index (χ3n) is 5.16. The molecule has 0 radical (unpaired) electrons. The molecule has 1 aliphatic heterocycles. The van der Waals surface area contributed by atoms with Crippen LogP contribution >= 0.6 is 0 Å². The van der Waals surface area contributed by atoms with Gasteiger partial charge in [0.1, 0.15) is 0 Å². The molecule has 0 aliphatic carbocycles. The first kappa shape index (κ1) is 17.7. The predicted octanol–water partition coefficient (Wildman–Crippen LogP) is 3.31. The highest BCUT2D eigenvalue weighted by Gasteiger charge is 2.32. The molecule has 3 aromatic rings. The Morgan fingerprint density at radius 1 is 1.15 bits per heavy atom. The summed E-state index contributed by atoms with van der Waals surface area (Å²) >= 11 is 0. The molecule has 0 saturated carbocycles. The minimum Gasteiger partial charge on any atom is -0.309 e. The Bertz CT molecular complexity index is 920. The lowest BCUT2D eigenvalue weighted by atomic mass is 10.2. The van der Waals surface area contributed by atoms with E-state index in [1.54, 1.807) is 0 Å². The van der Waals surface area contributed by atoms with Crippen molar-refractivity contribution in [3.63, 3.8) is 0 Å². The first-order valence-electron chi connectivity index (χ1n) is 9.56. The Morgan fingerprint density at radius 2 is 1.93 bits per heavy atom. The van der Waals surface area contributed by atoms with Crippen LogP contribution in [0.2, 0.25) is 0 Å². The van der Waals surface area contributed by atoms with Gasteiger partial charge in [0.25, 0.3) is 0 Å². The van der Waals surface area contributed by atoms with Crippen LogP contribution in [0, 0.1) is 0 Å². The van der Waals surface area contributed by atoms with Crippen molar-refractivity contribution < 1.29 is 4.79 Å². The number of benzene rings is 1. The number of hydrogen-bond acceptors (Lipinski definition) is 4. The average molecular weight is 363 g/mol. The van der Waals surface area contributed by atoms with Gasteiger partial charge in [0, 0.05) is 17.9 Å². The highest BCUT2D eigenvalue weighted by atomic mass is 16.2. The van der Waals surface area contributed by atoms with Crippen LogP contribution in [0.3, 0.4) is 0 Å². The van der Waals surface area contributed by atoms with Gasteiger partial charge in [-0.15, -0.1) is 10.2 Å². The molecule has 1 aliphatic rings. The lowest BCUT2D eigenvalue weighted by Gasteiger charge is -2.30. The number of pyridine rings is 1. The quantitative estimate of drug-likeness (QED) is 0.698. The topological polar surface area (TPSA) is 53.7 Å². The number of hydrogen-bond donors (Lipinski definition) is 0. The summed E-state index contributed by atoms with van der Waals surface area (Å²) in [6, 6.07) is 16.0. The molecule has 1 fully saturated rings. The molecule has 0 bridgehead atoms. The number of likely N-dealkylation sites (tertiary alicyclic amines) is 1. The van der Waals surface area contributed by atoms with Crippen molar-refractivity contribution in [2.75, 3.05) is 18.0 Å². The van der Waals surface area contributed by atoms with E-state index in [0.717, 1.165) is 36.5 Å². The Balaban J connectivity index is 1.56. The molecular formula is C21H25N5O. The number of fused-ring (bicyclic) bond motifs is 1. The first-order chi connectivity index (χ1) is 13.1. The summed E-state index contributed by atoms with van der Waals surface area (Å²) in [6.45, 7) is 5.40. The average Bonchev–Trinajstić information content (AvgIpc) is 3.28. The van der Waals surface area contributed by atoms with Crippen LogP contribution in [0.25, 0.3) is 5.65 Å². The van der Waals surface area contributed by atoms with Crippen molar-refractivity contribution in [1.82, 2.24) is 19.5 Å². The van der Waals surface area contributed by atoms with Crippen LogP contribution < -0.4 is 4.90 Å². The van der Waals surface area contributed by atoms with Crippen LogP contribution in [-0.4, -0.2) is 44.5 Å². The predicted molar refractivity (Wildman–Crippen MR) is 106 cm³/mol. The Kier molecular flexibility index (Phi) is 4.90. The van der Waals surface area contributed by atoms with E-state index in [0.29, 0.717) is 6.54 Å². The molecule has 0 spiro atoms. The highest BCUT2D eigenvalue weighted by Crippen LogP contribution is 2.31. The molecule has 1 saturated heterocycles. The third kappa shape index (κ3) is 3.45.